The van der Waals surface area contributed by atoms with Gasteiger partial charge in [0.1, 0.15) is 12.1 Å². The monoisotopic (exact) mass is 406 g/mol. The standard InChI is InChI=1S/C18H21FN4O2S.C2H6/c1-10-21-14(8-25-10)15(24)22-11-5-6-13(19)12(7-11)18(4)9-17(2,3)26-16(20)23-18;1-2/h5-8H,9H2,1-4H3,(H2,20,23)(H,22,24);1-2H3. The molecule has 0 aliphatic carbocycles. The lowest BCUT2D eigenvalue weighted by atomic mass is 9.83. The summed E-state index contributed by atoms with van der Waals surface area (Å²) in [6.45, 7) is 11.6. The highest BCUT2D eigenvalue weighted by Gasteiger charge is 2.40. The van der Waals surface area contributed by atoms with E-state index in [4.69, 9.17) is 10.2 Å². The van der Waals surface area contributed by atoms with Crippen LogP contribution in [0.5, 0.6) is 0 Å². The molecule has 2 heterocycles. The van der Waals surface area contributed by atoms with Crippen molar-refractivity contribution >= 4 is 28.5 Å². The summed E-state index contributed by atoms with van der Waals surface area (Å²) in [4.78, 5) is 20.7. The lowest BCUT2D eigenvalue weighted by Gasteiger charge is -2.39. The highest BCUT2D eigenvalue weighted by molar-refractivity contribution is 8.15. The molecule has 1 aromatic carbocycles. The molecule has 0 radical (unpaired) electrons. The van der Waals surface area contributed by atoms with Gasteiger partial charge in [-0.15, -0.1) is 0 Å². The minimum atomic E-state index is -0.811. The van der Waals surface area contributed by atoms with Gasteiger partial charge in [0.05, 0.1) is 5.54 Å². The van der Waals surface area contributed by atoms with Crippen LogP contribution >= 0.6 is 11.8 Å². The first-order valence-electron chi connectivity index (χ1n) is 9.16. The molecule has 1 aliphatic rings. The van der Waals surface area contributed by atoms with Crippen LogP contribution in [0.4, 0.5) is 10.1 Å². The van der Waals surface area contributed by atoms with Gasteiger partial charge in [-0.3, -0.25) is 9.79 Å². The van der Waals surface area contributed by atoms with Crippen LogP contribution in [-0.4, -0.2) is 20.8 Å². The Morgan fingerprint density at radius 2 is 2.00 bits per heavy atom. The van der Waals surface area contributed by atoms with Crippen LogP contribution in [-0.2, 0) is 5.54 Å². The number of aromatic nitrogens is 1. The fourth-order valence-corrected chi connectivity index (χ4v) is 4.45. The average molecular weight is 407 g/mol. The second-order valence-electron chi connectivity index (χ2n) is 7.16. The van der Waals surface area contributed by atoms with Crippen molar-refractivity contribution in [1.82, 2.24) is 4.98 Å². The smallest absolute Gasteiger partial charge is 0.277 e. The van der Waals surface area contributed by atoms with E-state index in [1.54, 1.807) is 13.0 Å². The molecule has 1 amide bonds. The van der Waals surface area contributed by atoms with E-state index in [-0.39, 0.29) is 16.3 Å². The van der Waals surface area contributed by atoms with Gasteiger partial charge in [-0.1, -0.05) is 39.5 Å². The van der Waals surface area contributed by atoms with Crippen molar-refractivity contribution in [3.63, 3.8) is 0 Å². The Hall–Kier alpha value is -2.35. The zero-order chi connectivity index (χ0) is 21.1. The third-order valence-electron chi connectivity index (χ3n) is 4.16. The van der Waals surface area contributed by atoms with Gasteiger partial charge in [-0.25, -0.2) is 9.37 Å². The highest BCUT2D eigenvalue weighted by atomic mass is 32.2. The molecule has 0 fully saturated rings. The molecule has 6 nitrogen and oxygen atoms in total. The van der Waals surface area contributed by atoms with Crippen LogP contribution < -0.4 is 11.1 Å². The Kier molecular flexibility index (Phi) is 6.54. The number of hydrogen-bond donors (Lipinski definition) is 2. The van der Waals surface area contributed by atoms with Crippen LogP contribution in [0, 0.1) is 12.7 Å². The maximum Gasteiger partial charge on any atom is 0.277 e. The molecule has 28 heavy (non-hydrogen) atoms. The number of benzene rings is 1. The van der Waals surface area contributed by atoms with Crippen LogP contribution in [0.2, 0.25) is 0 Å². The molecule has 0 saturated heterocycles. The Bertz CT molecular complexity index is 894. The van der Waals surface area contributed by atoms with Crippen molar-refractivity contribution in [3.05, 3.63) is 47.4 Å². The zero-order valence-electron chi connectivity index (χ0n) is 17.1. The van der Waals surface area contributed by atoms with Gasteiger partial charge in [0.2, 0.25) is 0 Å². The SMILES string of the molecule is CC.Cc1nc(C(=O)Nc2ccc(F)c(C3(C)CC(C)(C)SC(N)=N3)c2)co1. The minimum absolute atomic E-state index is 0.164. The molecule has 0 bridgehead atoms. The van der Waals surface area contributed by atoms with Gasteiger partial charge < -0.3 is 15.5 Å². The van der Waals surface area contributed by atoms with Crippen LogP contribution in [0.25, 0.3) is 0 Å². The number of rotatable bonds is 3. The van der Waals surface area contributed by atoms with Crippen molar-refractivity contribution in [2.75, 3.05) is 5.32 Å². The number of thioether (sulfide) groups is 1. The number of hydrogen-bond acceptors (Lipinski definition) is 6. The summed E-state index contributed by atoms with van der Waals surface area (Å²) in [5, 5.41) is 3.14. The Morgan fingerprint density at radius 3 is 2.57 bits per heavy atom. The lowest BCUT2D eigenvalue weighted by Crippen LogP contribution is -2.38. The molecule has 8 heteroatoms. The Morgan fingerprint density at radius 1 is 1.32 bits per heavy atom. The summed E-state index contributed by atoms with van der Waals surface area (Å²) < 4.78 is 19.5. The van der Waals surface area contributed by atoms with E-state index in [1.807, 2.05) is 34.6 Å². The first-order chi connectivity index (χ1) is 13.1. The van der Waals surface area contributed by atoms with Gasteiger partial charge in [-0.2, -0.15) is 0 Å². The number of amidine groups is 1. The number of carbonyl (C=O) groups is 1. The second-order valence-corrected chi connectivity index (χ2v) is 8.89. The number of carbonyl (C=O) groups excluding carboxylic acids is 1. The predicted octanol–water partition coefficient (Wildman–Crippen LogP) is 4.85. The molecule has 1 unspecified atom stereocenters. The van der Waals surface area contributed by atoms with Gasteiger partial charge in [0.15, 0.2) is 16.8 Å². The van der Waals surface area contributed by atoms with Gasteiger partial charge in [0.25, 0.3) is 5.91 Å². The normalized spacial score (nSPS) is 20.6. The van der Waals surface area contributed by atoms with Crippen LogP contribution in [0.15, 0.2) is 33.9 Å². The Balaban J connectivity index is 0.00000136. The molecule has 1 aromatic heterocycles. The fourth-order valence-electron chi connectivity index (χ4n) is 3.29. The third-order valence-corrected chi connectivity index (χ3v) is 5.16. The number of nitrogens with two attached hydrogens (primary N) is 1. The number of aliphatic imine (C=N–C) groups is 1. The number of oxazole rings is 1. The van der Waals surface area contributed by atoms with E-state index in [1.165, 1.54) is 30.2 Å². The van der Waals surface area contributed by atoms with Crippen molar-refractivity contribution in [3.8, 4) is 0 Å². The van der Waals surface area contributed by atoms with Crippen LogP contribution in [0.1, 0.15) is 63.0 Å². The molecule has 3 rings (SSSR count). The van der Waals surface area contributed by atoms with Crippen molar-refractivity contribution in [1.29, 1.82) is 0 Å². The minimum Gasteiger partial charge on any atom is -0.448 e. The maximum absolute atomic E-state index is 14.6. The number of aryl methyl sites for hydroxylation is 1. The van der Waals surface area contributed by atoms with Crippen molar-refractivity contribution in [2.24, 2.45) is 10.7 Å². The Labute approximate surface area is 169 Å². The largest absolute Gasteiger partial charge is 0.448 e. The first-order valence-corrected chi connectivity index (χ1v) is 9.97. The summed E-state index contributed by atoms with van der Waals surface area (Å²) in [5.41, 5.74) is 6.17. The molecule has 1 atom stereocenters. The fraction of sp³-hybridized carbons (Fsp3) is 0.450. The maximum atomic E-state index is 14.6. The second kappa shape index (κ2) is 8.34. The molecular formula is C20H27FN4O2S. The molecule has 0 spiro atoms. The molecule has 152 valence electrons. The average Bonchev–Trinajstić information content (AvgIpc) is 3.02. The van der Waals surface area contributed by atoms with E-state index in [0.717, 1.165) is 0 Å². The van der Waals surface area contributed by atoms with Crippen LogP contribution in [0.3, 0.4) is 0 Å². The van der Waals surface area contributed by atoms with E-state index in [0.29, 0.717) is 28.7 Å². The third kappa shape index (κ3) is 4.92. The molecule has 1 aliphatic heterocycles. The first kappa shape index (κ1) is 21.9. The number of nitrogens with zero attached hydrogens (tertiary/aromatic N) is 2. The van der Waals surface area contributed by atoms with E-state index < -0.39 is 11.4 Å². The molecular weight excluding hydrogens is 379 g/mol. The number of halogens is 1. The summed E-state index contributed by atoms with van der Waals surface area (Å²) >= 11 is 1.48. The van der Waals surface area contributed by atoms with Gasteiger partial charge in [0, 0.05) is 22.9 Å². The predicted molar refractivity (Wildman–Crippen MR) is 112 cm³/mol. The summed E-state index contributed by atoms with van der Waals surface area (Å²) in [5.74, 6) is -0.414. The molecule has 0 saturated carbocycles. The summed E-state index contributed by atoms with van der Waals surface area (Å²) in [7, 11) is 0. The zero-order valence-corrected chi connectivity index (χ0v) is 17.9. The lowest BCUT2D eigenvalue weighted by molar-refractivity contribution is 0.102. The van der Waals surface area contributed by atoms with Crippen molar-refractivity contribution < 1.29 is 13.6 Å². The van der Waals surface area contributed by atoms with Crippen molar-refractivity contribution in [2.45, 2.75) is 58.2 Å². The van der Waals surface area contributed by atoms with E-state index in [9.17, 15) is 9.18 Å². The van der Waals surface area contributed by atoms with Gasteiger partial charge in [-0.05, 0) is 31.5 Å². The quantitative estimate of drug-likeness (QED) is 0.760. The summed E-state index contributed by atoms with van der Waals surface area (Å²) in [6.07, 6.45) is 1.89. The number of amides is 1. The molecule has 3 N–H and O–H groups in total. The van der Waals surface area contributed by atoms with Gasteiger partial charge >= 0.3 is 0 Å². The van der Waals surface area contributed by atoms with E-state index in [2.05, 4.69) is 15.3 Å². The number of anilines is 1. The summed E-state index contributed by atoms with van der Waals surface area (Å²) in [6, 6.07) is 4.43. The van der Waals surface area contributed by atoms with E-state index >= 15 is 0 Å². The number of nitrogens with one attached hydrogen (secondary N) is 1. The molecule has 2 aromatic rings. The highest BCUT2D eigenvalue weighted by Crippen LogP contribution is 2.45. The topological polar surface area (TPSA) is 93.5 Å².